The van der Waals surface area contributed by atoms with Gasteiger partial charge in [0.15, 0.2) is 0 Å². The second-order valence-electron chi connectivity index (χ2n) is 39.1. The van der Waals surface area contributed by atoms with Crippen molar-refractivity contribution in [3.63, 3.8) is 0 Å². The molecule has 9 fully saturated rings. The van der Waals surface area contributed by atoms with Crippen LogP contribution in [0.2, 0.25) is 0 Å². The molecule has 22 heteroatoms. The highest BCUT2D eigenvalue weighted by Gasteiger charge is 2.53. The summed E-state index contributed by atoms with van der Waals surface area (Å²) < 4.78 is 42.1. The number of amides is 6. The van der Waals surface area contributed by atoms with Gasteiger partial charge in [0.25, 0.3) is 0 Å². The summed E-state index contributed by atoms with van der Waals surface area (Å²) in [6.45, 7) is 16.6. The number of carbonyl (C=O) groups excluding carboxylic acids is 3. The number of carbonyl (C=O) groups is 3. The van der Waals surface area contributed by atoms with Crippen LogP contribution in [-0.2, 0) is 10.0 Å². The fraction of sp³-hybridized carbons (Fsp3) is 0.367. The molecular formula is C120H131FN12O8S. The molecule has 0 spiro atoms. The number of aliphatic hydroxyl groups excluding tert-OH is 3. The molecular weight excluding hydrogens is 1790 g/mol. The van der Waals surface area contributed by atoms with Crippen molar-refractivity contribution in [2.75, 3.05) is 116 Å². The second-order valence-corrected chi connectivity index (χ2v) is 41.0. The van der Waals surface area contributed by atoms with Crippen LogP contribution in [-0.4, -0.2) is 239 Å². The number of aryl methyl sites for hydroxylation is 3. The molecule has 9 aliphatic rings. The fourth-order valence-corrected chi connectivity index (χ4v) is 23.3. The lowest BCUT2D eigenvalue weighted by molar-refractivity contribution is -0.0592. The van der Waals surface area contributed by atoms with Crippen LogP contribution in [0.15, 0.2) is 284 Å². The van der Waals surface area contributed by atoms with E-state index in [4.69, 9.17) is 0 Å². The molecule has 9 heterocycles. The number of pyridine rings is 1. The normalized spacial score (nSPS) is 22.4. The minimum atomic E-state index is -3.59. The Kier molecular flexibility index (Phi) is 34.4. The number of anilines is 2. The molecule has 0 bridgehead atoms. The first-order valence-electron chi connectivity index (χ1n) is 50.8. The van der Waals surface area contributed by atoms with Crippen LogP contribution in [0.3, 0.4) is 0 Å². The van der Waals surface area contributed by atoms with Crippen LogP contribution in [0, 0.1) is 74.0 Å². The van der Waals surface area contributed by atoms with Crippen molar-refractivity contribution in [3.8, 4) is 47.4 Å². The van der Waals surface area contributed by atoms with Crippen molar-refractivity contribution in [2.24, 2.45) is 0 Å². The van der Waals surface area contributed by atoms with Gasteiger partial charge in [0.05, 0.1) is 24.7 Å². The maximum Gasteiger partial charge on any atom is 0.321 e. The first-order valence-corrected chi connectivity index (χ1v) is 52.3. The third-order valence-corrected chi connectivity index (χ3v) is 31.6. The molecule has 20 nitrogen and oxygen atoms in total. The quantitative estimate of drug-likeness (QED) is 0.0628. The Balaban J connectivity index is 0.000000130. The van der Waals surface area contributed by atoms with Crippen molar-refractivity contribution < 1.29 is 42.5 Å². The summed E-state index contributed by atoms with van der Waals surface area (Å²) in [5.74, 6) is 25.9. The molecule has 11 aromatic rings. The van der Waals surface area contributed by atoms with Crippen LogP contribution >= 0.6 is 0 Å². The fourth-order valence-electron chi connectivity index (χ4n) is 21.8. The van der Waals surface area contributed by atoms with E-state index in [0.29, 0.717) is 54.6 Å². The summed E-state index contributed by atoms with van der Waals surface area (Å²) in [6, 6.07) is 89.4. The zero-order valence-corrected chi connectivity index (χ0v) is 82.5. The van der Waals surface area contributed by atoms with E-state index >= 15 is 0 Å². The first-order chi connectivity index (χ1) is 69.4. The summed E-state index contributed by atoms with van der Waals surface area (Å²) >= 11 is 0. The number of benzene rings is 10. The predicted molar refractivity (Wildman–Crippen MR) is 561 cm³/mol. The van der Waals surface area contributed by atoms with Crippen molar-refractivity contribution in [1.82, 2.24) is 48.9 Å². The standard InChI is InChI=1S/C31H32FN3O2.C30H37N3O2.C30H32N2O3S.C29H30N4O/c1-22-7-15-27(16-8-22)33-31(37)34-17-2-3-18-35-28(20-34)30(29(35)21-36)25-13-11-23(12-14-25)9-10-24-5-4-6-26(32)19-24;34-22-28-29(25-17-15-24(16-18-25)14-13-23-9-3-1-4-10-23)27-21-32(19-7-8-20-33(27)28)30(35)31-26-11-5-2-6-12-26;1-23-9-17-27(18-10-23)36(34,35)31-19-5-6-20-32-28(21-31)30(29(32)22-33)26-15-13-25(14-16-26)12-11-24-7-3-2-4-8-24;1-22-7-14-26(15-8-22)31-29(34)33-19-5-4-18-32-20-27(28(32)21-33)24-12-9-23(10-13-24)11-16-25-6-2-3-17-30-25/h4-8,11-16,19,28-30,36H,2-3,17-18,20-21H2,1H3,(H,33,37);1,3-4,9-10,15-18,26-29,34H,2,5-8,11-12,19-22H2,(H,31,35);2-4,7-10,13-18,28-30,33H,5-6,19-22H2,1H3;2-3,6-10,12-15,17,27-28H,4-5,18-21H2,1H3,(H,31,34)/t28-,29+,30+;27-,28+,29+;28-,29+,30+;27-,28+/m0001/s1. The highest BCUT2D eigenvalue weighted by Crippen LogP contribution is 2.46. The number of hydrogen-bond acceptors (Lipinski definition) is 13. The number of halogens is 1. The molecule has 8 aliphatic heterocycles. The molecule has 732 valence electrons. The van der Waals surface area contributed by atoms with E-state index in [1.54, 1.807) is 34.8 Å². The summed E-state index contributed by atoms with van der Waals surface area (Å²) in [7, 11) is -3.59. The third kappa shape index (κ3) is 25.5. The van der Waals surface area contributed by atoms with E-state index in [1.807, 2.05) is 192 Å². The van der Waals surface area contributed by atoms with Gasteiger partial charge in [0.1, 0.15) is 11.5 Å². The number of fused-ring (bicyclic) bond motifs is 4. The number of nitrogens with one attached hydrogen (secondary N) is 3. The molecule has 142 heavy (non-hydrogen) atoms. The van der Waals surface area contributed by atoms with E-state index in [0.717, 1.165) is 196 Å². The minimum Gasteiger partial charge on any atom is -0.395 e. The Hall–Kier alpha value is -13.0. The van der Waals surface area contributed by atoms with Gasteiger partial charge in [-0.05, 0) is 279 Å². The average Bonchev–Trinajstić information content (AvgIpc) is 0.737. The number of nitrogens with zero attached hydrogens (tertiary/aromatic N) is 9. The van der Waals surface area contributed by atoms with Gasteiger partial charge in [-0.1, -0.05) is 211 Å². The van der Waals surface area contributed by atoms with Gasteiger partial charge < -0.3 is 46.0 Å². The molecule has 6 amide bonds. The van der Waals surface area contributed by atoms with Gasteiger partial charge in [-0.15, -0.1) is 0 Å². The second kappa shape index (κ2) is 48.6. The number of hydrogen-bond donors (Lipinski definition) is 6. The zero-order valence-electron chi connectivity index (χ0n) is 81.7. The van der Waals surface area contributed by atoms with Crippen molar-refractivity contribution in [3.05, 3.63) is 369 Å². The lowest BCUT2D eigenvalue weighted by Gasteiger charge is -2.57. The highest BCUT2D eigenvalue weighted by molar-refractivity contribution is 7.89. The van der Waals surface area contributed by atoms with E-state index in [-0.39, 0.29) is 97.7 Å². The lowest BCUT2D eigenvalue weighted by atomic mass is 9.74. The first kappa shape index (κ1) is 100. The van der Waals surface area contributed by atoms with Crippen molar-refractivity contribution in [1.29, 1.82) is 0 Å². The number of aliphatic hydroxyl groups is 3. The number of sulfonamides is 1. The Morgan fingerprint density at radius 3 is 1.17 bits per heavy atom. The molecule has 1 aromatic heterocycles. The number of urea groups is 3. The molecule has 1 aliphatic carbocycles. The van der Waals surface area contributed by atoms with Crippen molar-refractivity contribution in [2.45, 2.75) is 181 Å². The average molecular weight is 1920 g/mol. The van der Waals surface area contributed by atoms with Gasteiger partial charge in [0, 0.05) is 187 Å². The maximum atomic E-state index is 13.5. The van der Waals surface area contributed by atoms with E-state index in [1.165, 1.54) is 48.1 Å². The SMILES string of the molecule is Cc1ccc(NC(=O)N2CCCCN3C[C@H](c4ccc(C#Cc5ccccn5)cc4)[C@@H]3C2)cc1.Cc1ccc(NC(=O)N2CCCCN3[C@H](CO)[C@H](c4ccc(C#Cc5cccc(F)c5)cc4)[C@@H]3C2)cc1.Cc1ccc(S(=O)(=O)N2CCCCN3[C@H](CO)[C@H](c4ccc(C#Cc5ccccc5)cc4)[C@@H]3C2)cc1.O=C(NC1CCCCC1)N1CCCCN2[C@H](CO)[C@H](c3ccc(C#Cc4ccccc4)cc3)[C@@H]2C1. The maximum absolute atomic E-state index is 13.5. The summed E-state index contributed by atoms with van der Waals surface area (Å²) in [5, 5.41) is 40.1. The highest BCUT2D eigenvalue weighted by atomic mass is 32.2. The minimum absolute atomic E-state index is 0.00159. The van der Waals surface area contributed by atoms with Crippen LogP contribution in [0.25, 0.3) is 0 Å². The van der Waals surface area contributed by atoms with E-state index in [2.05, 4.69) is 168 Å². The topological polar surface area (TPSA) is 221 Å². The lowest BCUT2D eigenvalue weighted by Crippen LogP contribution is -2.68. The van der Waals surface area contributed by atoms with Crippen LogP contribution in [0.5, 0.6) is 0 Å². The van der Waals surface area contributed by atoms with E-state index in [9.17, 15) is 42.5 Å². The largest absolute Gasteiger partial charge is 0.395 e. The molecule has 0 radical (unpaired) electrons. The van der Waals surface area contributed by atoms with Crippen LogP contribution in [0.4, 0.5) is 30.1 Å². The number of rotatable bonds is 12. The molecule has 0 unspecified atom stereocenters. The smallest absolute Gasteiger partial charge is 0.321 e. The van der Waals surface area contributed by atoms with Crippen LogP contribution in [0.1, 0.15) is 191 Å². The van der Waals surface area contributed by atoms with Gasteiger partial charge in [-0.25, -0.2) is 32.2 Å². The molecule has 6 N–H and O–H groups in total. The summed E-state index contributed by atoms with van der Waals surface area (Å²) in [5.41, 5.74) is 17.0. The molecule has 20 rings (SSSR count). The molecule has 8 saturated heterocycles. The zero-order chi connectivity index (χ0) is 98.3. The van der Waals surface area contributed by atoms with Gasteiger partial charge in [-0.2, -0.15) is 4.31 Å². The van der Waals surface area contributed by atoms with Crippen molar-refractivity contribution >= 4 is 39.5 Å². The Labute approximate surface area is 838 Å². The van der Waals surface area contributed by atoms with Crippen LogP contribution < -0.4 is 16.0 Å². The Morgan fingerprint density at radius 1 is 0.359 bits per heavy atom. The van der Waals surface area contributed by atoms with E-state index < -0.39 is 10.0 Å². The monoisotopic (exact) mass is 1920 g/mol. The third-order valence-electron chi connectivity index (χ3n) is 29.7. The van der Waals surface area contributed by atoms with Gasteiger partial charge in [-0.3, -0.25) is 19.6 Å². The van der Waals surface area contributed by atoms with Gasteiger partial charge >= 0.3 is 18.1 Å². The van der Waals surface area contributed by atoms with Gasteiger partial charge in [0.2, 0.25) is 10.0 Å². The number of aromatic nitrogens is 1. The summed E-state index contributed by atoms with van der Waals surface area (Å²) in [6.07, 6.45) is 15.6. The molecule has 11 atom stereocenters. The Morgan fingerprint density at radius 2 is 0.732 bits per heavy atom. The summed E-state index contributed by atoms with van der Waals surface area (Å²) in [4.78, 5) is 59.5. The molecule has 1 saturated carbocycles. The Bertz CT molecular complexity index is 6420. The predicted octanol–water partition coefficient (Wildman–Crippen LogP) is 18.2. The molecule has 10 aromatic carbocycles.